The quantitative estimate of drug-likeness (QED) is 0.549. The van der Waals surface area contributed by atoms with Gasteiger partial charge in [-0.3, -0.25) is 4.90 Å². The Labute approximate surface area is 165 Å². The molecule has 1 unspecified atom stereocenters. The summed E-state index contributed by atoms with van der Waals surface area (Å²) in [5, 5.41) is 22.7. The first-order valence-electron chi connectivity index (χ1n) is 9.63. The molecule has 2 amide bonds. The minimum Gasteiger partial charge on any atom is -0.506 e. The average molecular weight is 384 g/mol. The van der Waals surface area contributed by atoms with E-state index in [1.165, 1.54) is 5.69 Å². The molecule has 1 heterocycles. The van der Waals surface area contributed by atoms with Crippen LogP contribution in [0.3, 0.4) is 0 Å². The molecular formula is C21H28N4O3. The molecule has 0 saturated carbocycles. The predicted molar refractivity (Wildman–Crippen MR) is 110 cm³/mol. The van der Waals surface area contributed by atoms with Crippen LogP contribution in [0.5, 0.6) is 5.75 Å². The Morgan fingerprint density at radius 2 is 1.82 bits per heavy atom. The van der Waals surface area contributed by atoms with Crippen LogP contribution in [-0.4, -0.2) is 53.6 Å². The lowest BCUT2D eigenvalue weighted by Gasteiger charge is -2.38. The average Bonchev–Trinajstić information content (AvgIpc) is 2.71. The van der Waals surface area contributed by atoms with E-state index in [9.17, 15) is 15.0 Å². The van der Waals surface area contributed by atoms with Crippen molar-refractivity contribution in [2.24, 2.45) is 5.73 Å². The van der Waals surface area contributed by atoms with Crippen LogP contribution in [0, 0.1) is 0 Å². The summed E-state index contributed by atoms with van der Waals surface area (Å²) in [6.45, 7) is 3.48. The molecule has 0 bridgehead atoms. The van der Waals surface area contributed by atoms with Gasteiger partial charge in [0.1, 0.15) is 12.0 Å². The summed E-state index contributed by atoms with van der Waals surface area (Å²) in [7, 11) is 0. The Bertz CT molecular complexity index is 776. The SMILES string of the molecule is NC(=O)Nc1cc(CCCC(O)N2CCN(c3ccccc3)CC2)ccc1O. The lowest BCUT2D eigenvalue weighted by Crippen LogP contribution is -2.50. The molecule has 1 atom stereocenters. The number of hydrogen-bond donors (Lipinski definition) is 4. The van der Waals surface area contributed by atoms with Crippen LogP contribution in [0.4, 0.5) is 16.2 Å². The van der Waals surface area contributed by atoms with Crippen LogP contribution < -0.4 is 16.0 Å². The second kappa shape index (κ2) is 9.43. The van der Waals surface area contributed by atoms with Crippen molar-refractivity contribution in [3.05, 3.63) is 54.1 Å². The summed E-state index contributed by atoms with van der Waals surface area (Å²) >= 11 is 0. The molecule has 0 aromatic heterocycles. The van der Waals surface area contributed by atoms with Gasteiger partial charge in [0.15, 0.2) is 0 Å². The Hall–Kier alpha value is -2.77. The predicted octanol–water partition coefficient (Wildman–Crippen LogP) is 2.35. The van der Waals surface area contributed by atoms with Gasteiger partial charge in [0.2, 0.25) is 0 Å². The Kier molecular flexibility index (Phi) is 6.73. The van der Waals surface area contributed by atoms with E-state index in [1.807, 2.05) is 24.3 Å². The number of aliphatic hydroxyl groups is 1. The van der Waals surface area contributed by atoms with E-state index in [0.29, 0.717) is 12.1 Å². The lowest BCUT2D eigenvalue weighted by atomic mass is 10.1. The maximum Gasteiger partial charge on any atom is 0.316 e. The molecule has 150 valence electrons. The molecule has 2 aromatic carbocycles. The standard InChI is InChI=1S/C21H28N4O3/c22-21(28)23-18-15-16(9-10-19(18)26)5-4-8-20(27)25-13-11-24(12-14-25)17-6-2-1-3-7-17/h1-3,6-7,9-10,15,20,26-27H,4-5,8,11-14H2,(H3,22,23,28). The maximum atomic E-state index is 11.0. The normalized spacial score (nSPS) is 16.0. The number of primary amides is 1. The number of nitrogens with two attached hydrogens (primary N) is 1. The second-order valence-corrected chi connectivity index (χ2v) is 7.07. The van der Waals surface area contributed by atoms with Gasteiger partial charge in [0, 0.05) is 31.9 Å². The Morgan fingerprint density at radius 3 is 2.50 bits per heavy atom. The molecule has 0 spiro atoms. The van der Waals surface area contributed by atoms with E-state index < -0.39 is 12.3 Å². The minimum atomic E-state index is -0.711. The Balaban J connectivity index is 1.44. The molecule has 7 heteroatoms. The monoisotopic (exact) mass is 384 g/mol. The van der Waals surface area contributed by atoms with Gasteiger partial charge >= 0.3 is 6.03 Å². The molecule has 0 radical (unpaired) electrons. The van der Waals surface area contributed by atoms with E-state index in [-0.39, 0.29) is 5.75 Å². The highest BCUT2D eigenvalue weighted by molar-refractivity contribution is 5.89. The number of carbonyl (C=O) groups excluding carboxylic acids is 1. The largest absolute Gasteiger partial charge is 0.506 e. The number of aryl methyl sites for hydroxylation is 1. The number of para-hydroxylation sites is 1. The number of phenols is 1. The number of phenolic OH excluding ortho intramolecular Hbond substituents is 1. The van der Waals surface area contributed by atoms with Gasteiger partial charge in [0.25, 0.3) is 0 Å². The number of rotatable bonds is 7. The van der Waals surface area contributed by atoms with E-state index in [1.54, 1.807) is 12.1 Å². The molecule has 1 aliphatic rings. The molecule has 7 nitrogen and oxygen atoms in total. The van der Waals surface area contributed by atoms with Gasteiger partial charge < -0.3 is 26.2 Å². The van der Waals surface area contributed by atoms with Gasteiger partial charge in [-0.1, -0.05) is 24.3 Å². The number of hydrogen-bond acceptors (Lipinski definition) is 5. The first kappa shape index (κ1) is 20.0. The fourth-order valence-electron chi connectivity index (χ4n) is 3.56. The van der Waals surface area contributed by atoms with Crippen molar-refractivity contribution in [1.82, 2.24) is 4.90 Å². The minimum absolute atomic E-state index is 0.0149. The number of piperazine rings is 1. The number of aliphatic hydroxyl groups excluding tert-OH is 1. The number of benzene rings is 2. The fourth-order valence-corrected chi connectivity index (χ4v) is 3.56. The maximum absolute atomic E-state index is 11.0. The van der Waals surface area contributed by atoms with E-state index >= 15 is 0 Å². The highest BCUT2D eigenvalue weighted by atomic mass is 16.3. The van der Waals surface area contributed by atoms with Crippen molar-refractivity contribution in [2.45, 2.75) is 25.5 Å². The summed E-state index contributed by atoms with van der Waals surface area (Å²) in [6, 6.07) is 14.7. The van der Waals surface area contributed by atoms with Gasteiger partial charge in [-0.2, -0.15) is 0 Å². The van der Waals surface area contributed by atoms with Crippen molar-refractivity contribution in [3.8, 4) is 5.75 Å². The van der Waals surface area contributed by atoms with E-state index in [2.05, 4.69) is 27.2 Å². The zero-order valence-corrected chi connectivity index (χ0v) is 15.9. The molecule has 1 aliphatic heterocycles. The van der Waals surface area contributed by atoms with Gasteiger partial charge in [-0.25, -0.2) is 4.79 Å². The van der Waals surface area contributed by atoms with Crippen LogP contribution in [0.2, 0.25) is 0 Å². The number of urea groups is 1. The first-order valence-corrected chi connectivity index (χ1v) is 9.63. The van der Waals surface area contributed by atoms with Crippen LogP contribution in [0.25, 0.3) is 0 Å². The summed E-state index contributed by atoms with van der Waals surface area (Å²) in [4.78, 5) is 15.4. The van der Waals surface area contributed by atoms with Gasteiger partial charge in [-0.05, 0) is 49.1 Å². The molecule has 28 heavy (non-hydrogen) atoms. The van der Waals surface area contributed by atoms with Crippen molar-refractivity contribution in [3.63, 3.8) is 0 Å². The molecule has 3 rings (SSSR count). The number of carbonyl (C=O) groups is 1. The lowest BCUT2D eigenvalue weighted by molar-refractivity contribution is -0.00665. The number of aromatic hydroxyl groups is 1. The van der Waals surface area contributed by atoms with E-state index in [0.717, 1.165) is 44.6 Å². The van der Waals surface area contributed by atoms with Crippen LogP contribution in [-0.2, 0) is 6.42 Å². The van der Waals surface area contributed by atoms with Crippen molar-refractivity contribution < 1.29 is 15.0 Å². The smallest absolute Gasteiger partial charge is 0.316 e. The number of anilines is 2. The molecule has 2 aromatic rings. The Morgan fingerprint density at radius 1 is 1.11 bits per heavy atom. The third kappa shape index (κ3) is 5.37. The molecule has 5 N–H and O–H groups in total. The zero-order valence-electron chi connectivity index (χ0n) is 15.9. The highest BCUT2D eigenvalue weighted by Gasteiger charge is 2.22. The zero-order chi connectivity index (χ0) is 19.9. The first-order chi connectivity index (χ1) is 13.5. The van der Waals surface area contributed by atoms with Crippen molar-refractivity contribution in [2.75, 3.05) is 36.4 Å². The van der Waals surface area contributed by atoms with Gasteiger partial charge in [-0.15, -0.1) is 0 Å². The van der Waals surface area contributed by atoms with Crippen LogP contribution >= 0.6 is 0 Å². The molecule has 1 fully saturated rings. The fraction of sp³-hybridized carbons (Fsp3) is 0.381. The van der Waals surface area contributed by atoms with E-state index in [4.69, 9.17) is 5.73 Å². The second-order valence-electron chi connectivity index (χ2n) is 7.07. The molecular weight excluding hydrogens is 356 g/mol. The third-order valence-electron chi connectivity index (χ3n) is 5.10. The highest BCUT2D eigenvalue weighted by Crippen LogP contribution is 2.25. The number of nitrogens with one attached hydrogen (secondary N) is 1. The van der Waals surface area contributed by atoms with Crippen molar-refractivity contribution in [1.29, 1.82) is 0 Å². The topological polar surface area (TPSA) is 102 Å². The van der Waals surface area contributed by atoms with Crippen molar-refractivity contribution >= 4 is 17.4 Å². The van der Waals surface area contributed by atoms with Gasteiger partial charge in [0.05, 0.1) is 5.69 Å². The molecule has 0 aliphatic carbocycles. The summed E-state index contributed by atoms with van der Waals surface area (Å²) in [6.07, 6.45) is 1.76. The number of nitrogens with zero attached hydrogens (tertiary/aromatic N) is 2. The molecule has 1 saturated heterocycles. The van der Waals surface area contributed by atoms with Crippen LogP contribution in [0.15, 0.2) is 48.5 Å². The number of amides is 2. The third-order valence-corrected chi connectivity index (χ3v) is 5.10. The summed E-state index contributed by atoms with van der Waals surface area (Å²) in [5.41, 5.74) is 7.62. The summed E-state index contributed by atoms with van der Waals surface area (Å²) in [5.74, 6) is -0.0149. The summed E-state index contributed by atoms with van der Waals surface area (Å²) < 4.78 is 0. The van der Waals surface area contributed by atoms with Crippen LogP contribution in [0.1, 0.15) is 18.4 Å².